The lowest BCUT2D eigenvalue weighted by molar-refractivity contribution is -0.132. The van der Waals surface area contributed by atoms with Crippen molar-refractivity contribution in [3.05, 3.63) is 77.5 Å². The number of benzene rings is 2. The van der Waals surface area contributed by atoms with Gasteiger partial charge in [0.25, 0.3) is 0 Å². The number of halogens is 1. The van der Waals surface area contributed by atoms with Gasteiger partial charge >= 0.3 is 6.03 Å². The molecule has 37 heavy (non-hydrogen) atoms. The first-order valence-electron chi connectivity index (χ1n) is 12.2. The Morgan fingerprint density at radius 1 is 0.973 bits per heavy atom. The zero-order valence-electron chi connectivity index (χ0n) is 21.8. The van der Waals surface area contributed by atoms with Crippen LogP contribution in [0.25, 0.3) is 0 Å². The minimum absolute atomic E-state index is 0.124. The second-order valence-corrected chi connectivity index (χ2v) is 8.63. The molecule has 3 amide bonds. The highest BCUT2D eigenvalue weighted by Crippen LogP contribution is 2.28. The predicted octanol–water partition coefficient (Wildman–Crippen LogP) is 5.26. The van der Waals surface area contributed by atoms with E-state index in [1.165, 1.54) is 23.1 Å². The van der Waals surface area contributed by atoms with Gasteiger partial charge in [-0.25, -0.2) is 9.18 Å². The topological polar surface area (TPSA) is 84.2 Å². The summed E-state index contributed by atoms with van der Waals surface area (Å²) < 4.78 is 30.0. The molecular formula is C28H34FN3O5. The van der Waals surface area contributed by atoms with Gasteiger partial charge in [-0.15, -0.1) is 0 Å². The summed E-state index contributed by atoms with van der Waals surface area (Å²) in [5, 5.41) is 2.68. The van der Waals surface area contributed by atoms with Crippen molar-refractivity contribution in [2.45, 2.75) is 33.2 Å². The van der Waals surface area contributed by atoms with Gasteiger partial charge in [-0.1, -0.05) is 19.1 Å². The molecule has 1 N–H and O–H groups in total. The van der Waals surface area contributed by atoms with Gasteiger partial charge in [0.1, 0.15) is 23.9 Å². The highest BCUT2D eigenvalue weighted by atomic mass is 19.1. The van der Waals surface area contributed by atoms with Crippen LogP contribution in [-0.2, 0) is 17.8 Å². The van der Waals surface area contributed by atoms with Crippen LogP contribution in [0.2, 0.25) is 0 Å². The van der Waals surface area contributed by atoms with E-state index in [0.717, 1.165) is 11.3 Å². The van der Waals surface area contributed by atoms with Gasteiger partial charge in [-0.2, -0.15) is 0 Å². The molecule has 0 aliphatic carbocycles. The molecule has 3 rings (SSSR count). The van der Waals surface area contributed by atoms with Crippen LogP contribution in [0.1, 0.15) is 30.4 Å². The number of ether oxygens (including phenoxy) is 2. The van der Waals surface area contributed by atoms with Crippen molar-refractivity contribution >= 4 is 17.6 Å². The number of nitrogens with zero attached hydrogens (tertiary/aromatic N) is 2. The molecule has 198 valence electrons. The summed E-state index contributed by atoms with van der Waals surface area (Å²) >= 11 is 0. The second kappa shape index (κ2) is 13.3. The Kier molecular flexibility index (Phi) is 9.94. The van der Waals surface area contributed by atoms with Crippen LogP contribution < -0.4 is 14.8 Å². The van der Waals surface area contributed by atoms with E-state index in [9.17, 15) is 14.0 Å². The molecule has 0 bridgehead atoms. The number of carbonyl (C=O) groups excluding carboxylic acids is 2. The number of anilines is 1. The van der Waals surface area contributed by atoms with Crippen molar-refractivity contribution in [2.24, 2.45) is 0 Å². The number of hydrogen-bond acceptors (Lipinski definition) is 5. The first-order valence-corrected chi connectivity index (χ1v) is 12.2. The maximum absolute atomic E-state index is 13.6. The maximum atomic E-state index is 13.6. The number of amides is 3. The Morgan fingerprint density at radius 2 is 1.76 bits per heavy atom. The van der Waals surface area contributed by atoms with Crippen molar-refractivity contribution in [1.82, 2.24) is 9.80 Å². The van der Waals surface area contributed by atoms with Crippen LogP contribution in [0.3, 0.4) is 0 Å². The number of furan rings is 1. The van der Waals surface area contributed by atoms with E-state index < -0.39 is 11.8 Å². The van der Waals surface area contributed by atoms with Crippen LogP contribution in [0.5, 0.6) is 11.5 Å². The second-order valence-electron chi connectivity index (χ2n) is 8.63. The highest BCUT2D eigenvalue weighted by Gasteiger charge is 2.22. The van der Waals surface area contributed by atoms with Crippen molar-refractivity contribution in [3.63, 3.8) is 0 Å². The third kappa shape index (κ3) is 7.99. The van der Waals surface area contributed by atoms with E-state index in [-0.39, 0.29) is 19.0 Å². The largest absolute Gasteiger partial charge is 0.493 e. The smallest absolute Gasteiger partial charge is 0.322 e. The zero-order chi connectivity index (χ0) is 26.8. The molecule has 0 aliphatic heterocycles. The standard InChI is InChI=1S/C28H34FN3O5/c1-5-14-32(28(34)30-23-8-6-7-22(29)17-23)19-27(33)31(18-24-11-9-20(2)37-24)15-13-21-10-12-25(35-3)26(16-21)36-4/h6-12,16-17H,5,13-15,18-19H2,1-4H3,(H,30,34). The molecule has 0 unspecified atom stereocenters. The number of rotatable bonds is 12. The van der Waals surface area contributed by atoms with Crippen molar-refractivity contribution in [2.75, 3.05) is 39.2 Å². The van der Waals surface area contributed by atoms with E-state index >= 15 is 0 Å². The van der Waals surface area contributed by atoms with Gasteiger partial charge in [0.05, 0.1) is 20.8 Å². The zero-order valence-corrected chi connectivity index (χ0v) is 21.8. The van der Waals surface area contributed by atoms with Crippen LogP contribution >= 0.6 is 0 Å². The summed E-state index contributed by atoms with van der Waals surface area (Å²) in [6, 6.07) is 14.5. The molecule has 0 saturated heterocycles. The molecular weight excluding hydrogens is 477 g/mol. The average molecular weight is 512 g/mol. The molecule has 2 aromatic carbocycles. The molecule has 3 aromatic rings. The fourth-order valence-electron chi connectivity index (χ4n) is 3.90. The normalized spacial score (nSPS) is 10.6. The number of carbonyl (C=O) groups is 2. The molecule has 8 nitrogen and oxygen atoms in total. The van der Waals surface area contributed by atoms with Crippen molar-refractivity contribution in [3.8, 4) is 11.5 Å². The Balaban J connectivity index is 1.74. The van der Waals surface area contributed by atoms with Gasteiger partial charge in [0.2, 0.25) is 5.91 Å². The van der Waals surface area contributed by atoms with Gasteiger partial charge in [-0.05, 0) is 67.8 Å². The third-order valence-electron chi connectivity index (χ3n) is 5.80. The molecule has 0 radical (unpaired) electrons. The third-order valence-corrected chi connectivity index (χ3v) is 5.80. The molecule has 0 saturated carbocycles. The predicted molar refractivity (Wildman–Crippen MR) is 139 cm³/mol. The van der Waals surface area contributed by atoms with E-state index in [2.05, 4.69) is 5.32 Å². The van der Waals surface area contributed by atoms with Gasteiger partial charge in [-0.3, -0.25) is 4.79 Å². The Hall–Kier alpha value is -4.01. The fraction of sp³-hybridized carbons (Fsp3) is 0.357. The molecule has 0 fully saturated rings. The molecule has 9 heteroatoms. The van der Waals surface area contributed by atoms with E-state index in [4.69, 9.17) is 13.9 Å². The molecule has 1 aromatic heterocycles. The summed E-state index contributed by atoms with van der Waals surface area (Å²) in [6.45, 7) is 4.69. The van der Waals surface area contributed by atoms with Gasteiger partial charge < -0.3 is 29.0 Å². The summed E-state index contributed by atoms with van der Waals surface area (Å²) in [7, 11) is 3.16. The van der Waals surface area contributed by atoms with Crippen molar-refractivity contribution in [1.29, 1.82) is 0 Å². The summed E-state index contributed by atoms with van der Waals surface area (Å²) in [6.07, 6.45) is 1.22. The van der Waals surface area contributed by atoms with E-state index in [1.807, 2.05) is 44.2 Å². The average Bonchev–Trinajstić information content (AvgIpc) is 3.30. The first-order chi connectivity index (χ1) is 17.8. The van der Waals surface area contributed by atoms with E-state index in [0.29, 0.717) is 48.9 Å². The Bertz CT molecular complexity index is 1200. The van der Waals surface area contributed by atoms with Gasteiger partial charge in [0, 0.05) is 18.8 Å². The number of nitrogens with one attached hydrogen (secondary N) is 1. The van der Waals surface area contributed by atoms with Crippen molar-refractivity contribution < 1.29 is 27.9 Å². The maximum Gasteiger partial charge on any atom is 0.322 e. The summed E-state index contributed by atoms with van der Waals surface area (Å²) in [5.74, 6) is 1.98. The number of hydrogen-bond donors (Lipinski definition) is 1. The lowest BCUT2D eigenvalue weighted by Gasteiger charge is -2.27. The minimum Gasteiger partial charge on any atom is -0.493 e. The minimum atomic E-state index is -0.463. The fourth-order valence-corrected chi connectivity index (χ4v) is 3.90. The molecule has 0 atom stereocenters. The SMILES string of the molecule is CCCN(CC(=O)N(CCc1ccc(OC)c(OC)c1)Cc1ccc(C)o1)C(=O)Nc1cccc(F)c1. The first kappa shape index (κ1) is 27.6. The Labute approximate surface area is 217 Å². The lowest BCUT2D eigenvalue weighted by Crippen LogP contribution is -2.45. The lowest BCUT2D eigenvalue weighted by atomic mass is 10.1. The molecule has 0 aliphatic rings. The highest BCUT2D eigenvalue weighted by molar-refractivity contribution is 5.92. The quantitative estimate of drug-likeness (QED) is 0.359. The monoisotopic (exact) mass is 511 g/mol. The van der Waals surface area contributed by atoms with Gasteiger partial charge in [0.15, 0.2) is 11.5 Å². The van der Waals surface area contributed by atoms with Crippen LogP contribution in [0.4, 0.5) is 14.9 Å². The van der Waals surface area contributed by atoms with E-state index in [1.54, 1.807) is 25.2 Å². The number of methoxy groups -OCH3 is 2. The molecule has 1 heterocycles. The summed E-state index contributed by atoms with van der Waals surface area (Å²) in [4.78, 5) is 29.5. The number of aryl methyl sites for hydroxylation is 1. The summed E-state index contributed by atoms with van der Waals surface area (Å²) in [5.41, 5.74) is 1.30. The van der Waals surface area contributed by atoms with Crippen LogP contribution in [0, 0.1) is 12.7 Å². The number of urea groups is 1. The van der Waals surface area contributed by atoms with Crippen LogP contribution in [-0.4, -0.2) is 55.6 Å². The van der Waals surface area contributed by atoms with Crippen LogP contribution in [0.15, 0.2) is 59.0 Å². The molecule has 0 spiro atoms. The Morgan fingerprint density at radius 3 is 2.41 bits per heavy atom.